The summed E-state index contributed by atoms with van der Waals surface area (Å²) in [5, 5.41) is 12.2. The molecule has 1 aromatic rings. The second-order valence-corrected chi connectivity index (χ2v) is 5.57. The van der Waals surface area contributed by atoms with Gasteiger partial charge in [-0.15, -0.1) is 0 Å². The van der Waals surface area contributed by atoms with Crippen molar-refractivity contribution in [3.8, 4) is 5.75 Å². The van der Waals surface area contributed by atoms with Crippen LogP contribution in [0.4, 0.5) is 0 Å². The van der Waals surface area contributed by atoms with Crippen molar-refractivity contribution in [2.75, 3.05) is 6.54 Å². The van der Waals surface area contributed by atoms with E-state index in [1.807, 2.05) is 6.92 Å². The molecule has 2 N–H and O–H groups in total. The quantitative estimate of drug-likeness (QED) is 0.846. The molecular formula is C14H21NO2. The van der Waals surface area contributed by atoms with Gasteiger partial charge in [-0.25, -0.2) is 0 Å². The van der Waals surface area contributed by atoms with Crippen LogP contribution in [0.15, 0.2) is 18.2 Å². The molecule has 0 unspecified atom stereocenters. The molecular weight excluding hydrogens is 214 g/mol. The summed E-state index contributed by atoms with van der Waals surface area (Å²) in [4.78, 5) is 11.9. The van der Waals surface area contributed by atoms with E-state index in [0.29, 0.717) is 12.1 Å². The number of nitrogens with one attached hydrogen (secondary N) is 1. The first-order chi connectivity index (χ1) is 7.79. The molecule has 0 aliphatic carbocycles. The lowest BCUT2D eigenvalue weighted by Gasteiger charge is -2.18. The van der Waals surface area contributed by atoms with Gasteiger partial charge in [0, 0.05) is 12.1 Å². The van der Waals surface area contributed by atoms with Crippen LogP contribution in [0.1, 0.15) is 43.1 Å². The minimum absolute atomic E-state index is 0.0771. The fourth-order valence-electron chi connectivity index (χ4n) is 1.55. The van der Waals surface area contributed by atoms with Gasteiger partial charge in [0.2, 0.25) is 0 Å². The van der Waals surface area contributed by atoms with Gasteiger partial charge in [0.05, 0.1) is 0 Å². The lowest BCUT2D eigenvalue weighted by Crippen LogP contribution is -2.27. The summed E-state index contributed by atoms with van der Waals surface area (Å²) >= 11 is 0. The van der Waals surface area contributed by atoms with E-state index in [9.17, 15) is 9.90 Å². The van der Waals surface area contributed by atoms with E-state index in [4.69, 9.17) is 0 Å². The maximum atomic E-state index is 11.9. The van der Waals surface area contributed by atoms with Crippen molar-refractivity contribution in [1.29, 1.82) is 0 Å². The topological polar surface area (TPSA) is 49.3 Å². The zero-order valence-corrected chi connectivity index (χ0v) is 11.0. The lowest BCUT2D eigenvalue weighted by atomic mass is 9.92. The van der Waals surface area contributed by atoms with Gasteiger partial charge in [-0.05, 0) is 42.5 Å². The Morgan fingerprint density at radius 1 is 1.35 bits per heavy atom. The van der Waals surface area contributed by atoms with E-state index in [1.165, 1.54) is 6.07 Å². The highest BCUT2D eigenvalue weighted by atomic mass is 16.3. The summed E-state index contributed by atoms with van der Waals surface area (Å²) in [7, 11) is 0. The Morgan fingerprint density at radius 3 is 2.53 bits per heavy atom. The Bertz CT molecular complexity index is 405. The maximum absolute atomic E-state index is 11.9. The first kappa shape index (κ1) is 13.6. The minimum atomic E-state index is -0.0771. The van der Waals surface area contributed by atoms with Gasteiger partial charge in [-0.3, -0.25) is 4.79 Å². The highest BCUT2D eigenvalue weighted by Gasteiger charge is 2.12. The van der Waals surface area contributed by atoms with Crippen LogP contribution in [-0.2, 0) is 0 Å². The van der Waals surface area contributed by atoms with Crippen molar-refractivity contribution in [3.63, 3.8) is 0 Å². The van der Waals surface area contributed by atoms with Crippen LogP contribution in [-0.4, -0.2) is 17.6 Å². The molecule has 0 aliphatic heterocycles. The van der Waals surface area contributed by atoms with Crippen molar-refractivity contribution in [2.24, 2.45) is 5.41 Å². The van der Waals surface area contributed by atoms with Crippen LogP contribution in [0.25, 0.3) is 0 Å². The molecule has 0 aromatic heterocycles. The van der Waals surface area contributed by atoms with Crippen LogP contribution >= 0.6 is 0 Å². The molecule has 3 heteroatoms. The number of phenols is 1. The normalized spacial score (nSPS) is 11.3. The zero-order valence-electron chi connectivity index (χ0n) is 11.0. The number of aromatic hydroxyl groups is 1. The molecule has 0 radical (unpaired) electrons. The Morgan fingerprint density at radius 2 is 2.00 bits per heavy atom. The van der Waals surface area contributed by atoms with E-state index in [1.54, 1.807) is 12.1 Å². The molecule has 0 saturated heterocycles. The number of carbonyl (C=O) groups is 1. The van der Waals surface area contributed by atoms with Crippen molar-refractivity contribution >= 4 is 5.91 Å². The minimum Gasteiger partial charge on any atom is -0.508 e. The van der Waals surface area contributed by atoms with Gasteiger partial charge in [0.15, 0.2) is 0 Å². The third-order valence-corrected chi connectivity index (χ3v) is 2.62. The average molecular weight is 235 g/mol. The van der Waals surface area contributed by atoms with Crippen molar-refractivity contribution in [2.45, 2.75) is 34.1 Å². The molecule has 1 aromatic carbocycles. The van der Waals surface area contributed by atoms with E-state index in [0.717, 1.165) is 12.0 Å². The van der Waals surface area contributed by atoms with Crippen LogP contribution < -0.4 is 5.32 Å². The first-order valence-corrected chi connectivity index (χ1v) is 5.87. The summed E-state index contributed by atoms with van der Waals surface area (Å²) in [5.74, 6) is 0.112. The Hall–Kier alpha value is -1.51. The van der Waals surface area contributed by atoms with Gasteiger partial charge >= 0.3 is 0 Å². The highest BCUT2D eigenvalue weighted by molar-refractivity contribution is 5.95. The molecule has 1 amide bonds. The number of aryl methyl sites for hydroxylation is 1. The molecule has 94 valence electrons. The summed E-state index contributed by atoms with van der Waals surface area (Å²) < 4.78 is 0. The number of benzene rings is 1. The fraction of sp³-hybridized carbons (Fsp3) is 0.500. The second kappa shape index (κ2) is 5.21. The zero-order chi connectivity index (χ0) is 13.1. The fourth-order valence-corrected chi connectivity index (χ4v) is 1.55. The second-order valence-electron chi connectivity index (χ2n) is 5.57. The van der Waals surface area contributed by atoms with E-state index in [-0.39, 0.29) is 17.1 Å². The molecule has 0 bridgehead atoms. The monoisotopic (exact) mass is 235 g/mol. The molecule has 3 nitrogen and oxygen atoms in total. The van der Waals surface area contributed by atoms with Crippen LogP contribution in [0.2, 0.25) is 0 Å². The van der Waals surface area contributed by atoms with Crippen LogP contribution in [0.5, 0.6) is 5.75 Å². The Balaban J connectivity index is 2.59. The summed E-state index contributed by atoms with van der Waals surface area (Å²) in [6.45, 7) is 8.92. The smallest absolute Gasteiger partial charge is 0.251 e. The van der Waals surface area contributed by atoms with Crippen molar-refractivity contribution < 1.29 is 9.90 Å². The summed E-state index contributed by atoms with van der Waals surface area (Å²) in [6, 6.07) is 4.78. The number of hydrogen-bond donors (Lipinski definition) is 2. The Labute approximate surface area is 103 Å². The van der Waals surface area contributed by atoms with E-state index < -0.39 is 0 Å². The highest BCUT2D eigenvalue weighted by Crippen LogP contribution is 2.18. The standard InChI is InChI=1S/C14H21NO2/c1-10-9-11(16)5-6-12(10)13(17)15-8-7-14(2,3)4/h5-6,9,16H,7-8H2,1-4H3,(H,15,17). The van der Waals surface area contributed by atoms with Gasteiger partial charge in [0.1, 0.15) is 5.75 Å². The summed E-state index contributed by atoms with van der Waals surface area (Å²) in [6.07, 6.45) is 0.940. The Kier molecular flexibility index (Phi) is 4.16. The molecule has 0 fully saturated rings. The predicted octanol–water partition coefficient (Wildman–Crippen LogP) is 2.87. The van der Waals surface area contributed by atoms with E-state index >= 15 is 0 Å². The van der Waals surface area contributed by atoms with E-state index in [2.05, 4.69) is 26.1 Å². The maximum Gasteiger partial charge on any atom is 0.251 e. The molecule has 0 atom stereocenters. The number of carbonyl (C=O) groups excluding carboxylic acids is 1. The van der Waals surface area contributed by atoms with Crippen molar-refractivity contribution in [1.82, 2.24) is 5.32 Å². The largest absolute Gasteiger partial charge is 0.508 e. The van der Waals surface area contributed by atoms with Gasteiger partial charge in [0.25, 0.3) is 5.91 Å². The van der Waals surface area contributed by atoms with Crippen LogP contribution in [0, 0.1) is 12.3 Å². The van der Waals surface area contributed by atoms with Gasteiger partial charge in [-0.1, -0.05) is 20.8 Å². The first-order valence-electron chi connectivity index (χ1n) is 5.87. The molecule has 0 saturated carbocycles. The molecule has 1 rings (SSSR count). The third kappa shape index (κ3) is 4.47. The van der Waals surface area contributed by atoms with Gasteiger partial charge in [-0.2, -0.15) is 0 Å². The molecule has 17 heavy (non-hydrogen) atoms. The average Bonchev–Trinajstić information content (AvgIpc) is 2.15. The molecule has 0 heterocycles. The SMILES string of the molecule is Cc1cc(O)ccc1C(=O)NCCC(C)(C)C. The van der Waals surface area contributed by atoms with Crippen LogP contribution in [0.3, 0.4) is 0 Å². The predicted molar refractivity (Wildman–Crippen MR) is 69.2 cm³/mol. The van der Waals surface area contributed by atoms with Gasteiger partial charge < -0.3 is 10.4 Å². The third-order valence-electron chi connectivity index (χ3n) is 2.62. The number of phenolic OH excluding ortho intramolecular Hbond substituents is 1. The lowest BCUT2D eigenvalue weighted by molar-refractivity contribution is 0.0949. The molecule has 0 aliphatic rings. The summed E-state index contributed by atoms with van der Waals surface area (Å²) in [5.41, 5.74) is 1.63. The number of amides is 1. The number of rotatable bonds is 3. The number of hydrogen-bond acceptors (Lipinski definition) is 2. The molecule has 0 spiro atoms. The van der Waals surface area contributed by atoms with Crippen molar-refractivity contribution in [3.05, 3.63) is 29.3 Å².